The van der Waals surface area contributed by atoms with E-state index >= 15 is 0 Å². The number of hydrogen-bond donors (Lipinski definition) is 3. The van der Waals surface area contributed by atoms with Gasteiger partial charge in [-0.05, 0) is 64.5 Å². The predicted molar refractivity (Wildman–Crippen MR) is 141 cm³/mol. The maximum atomic E-state index is 12.5. The van der Waals surface area contributed by atoms with Crippen LogP contribution < -0.4 is 10.6 Å². The van der Waals surface area contributed by atoms with Gasteiger partial charge in [-0.25, -0.2) is 4.98 Å². The zero-order valence-corrected chi connectivity index (χ0v) is 21.0. The molecule has 0 radical (unpaired) electrons. The van der Waals surface area contributed by atoms with E-state index in [9.17, 15) is 9.90 Å². The Morgan fingerprint density at radius 1 is 1.09 bits per heavy atom. The molecule has 2 aromatic carbocycles. The van der Waals surface area contributed by atoms with Crippen molar-refractivity contribution in [2.24, 2.45) is 5.92 Å². The van der Waals surface area contributed by atoms with Crippen molar-refractivity contribution in [3.05, 3.63) is 70.8 Å². The molecule has 7 nitrogen and oxygen atoms in total. The molecule has 0 spiro atoms. The van der Waals surface area contributed by atoms with Crippen molar-refractivity contribution >= 4 is 39.0 Å². The van der Waals surface area contributed by atoms with E-state index in [0.29, 0.717) is 35.8 Å². The third kappa shape index (κ3) is 5.48. The summed E-state index contributed by atoms with van der Waals surface area (Å²) in [5.74, 6) is 1.51. The fourth-order valence-corrected chi connectivity index (χ4v) is 5.06. The van der Waals surface area contributed by atoms with Crippen LogP contribution in [0.3, 0.4) is 0 Å². The van der Waals surface area contributed by atoms with Gasteiger partial charge in [-0.15, -0.1) is 0 Å². The Morgan fingerprint density at radius 3 is 2.74 bits per heavy atom. The number of anilines is 2. The average molecular weight is 534 g/mol. The number of fused-ring (bicyclic) bond motifs is 1. The van der Waals surface area contributed by atoms with Crippen molar-refractivity contribution in [1.29, 1.82) is 0 Å². The number of rotatable bonds is 7. The molecule has 8 heteroatoms. The predicted octanol–water partition coefficient (Wildman–Crippen LogP) is 6.39. The van der Waals surface area contributed by atoms with Gasteiger partial charge in [0.2, 0.25) is 5.91 Å². The molecule has 0 saturated heterocycles. The zero-order chi connectivity index (χ0) is 24.2. The molecular weight excluding hydrogens is 506 g/mol. The van der Waals surface area contributed by atoms with E-state index in [0.717, 1.165) is 34.4 Å². The van der Waals surface area contributed by atoms with Gasteiger partial charge >= 0.3 is 0 Å². The summed E-state index contributed by atoms with van der Waals surface area (Å²) >= 11 is 3.51. The quantitative estimate of drug-likeness (QED) is 0.256. The van der Waals surface area contributed by atoms with Gasteiger partial charge in [-0.2, -0.15) is 9.61 Å². The van der Waals surface area contributed by atoms with E-state index in [2.05, 4.69) is 36.6 Å². The molecule has 1 saturated carbocycles. The van der Waals surface area contributed by atoms with Gasteiger partial charge < -0.3 is 15.7 Å². The number of aromatic nitrogens is 3. The molecule has 4 aromatic rings. The van der Waals surface area contributed by atoms with E-state index in [4.69, 9.17) is 0 Å². The lowest BCUT2D eigenvalue weighted by Crippen LogP contribution is -2.18. The number of carbonyl (C=O) groups excluding carboxylic acids is 1. The van der Waals surface area contributed by atoms with Crippen LogP contribution in [0, 0.1) is 5.92 Å². The second kappa shape index (κ2) is 10.5. The first-order valence-corrected chi connectivity index (χ1v) is 12.8. The minimum absolute atomic E-state index is 0.0894. The minimum atomic E-state index is 0.0894. The number of amides is 1. The van der Waals surface area contributed by atoms with Crippen molar-refractivity contribution in [2.75, 3.05) is 10.6 Å². The summed E-state index contributed by atoms with van der Waals surface area (Å²) in [5.41, 5.74) is 3.77. The van der Waals surface area contributed by atoms with Crippen molar-refractivity contribution in [3.8, 4) is 17.0 Å². The lowest BCUT2D eigenvalue weighted by molar-refractivity contribution is -0.117. The summed E-state index contributed by atoms with van der Waals surface area (Å²) in [5, 5.41) is 21.3. The van der Waals surface area contributed by atoms with Gasteiger partial charge in [0, 0.05) is 30.3 Å². The number of phenolic OH excluding ortho intramolecular Hbond substituents is 1. The first-order valence-electron chi connectivity index (χ1n) is 12.0. The molecule has 0 aliphatic heterocycles. The van der Waals surface area contributed by atoms with Crippen LogP contribution in [0.25, 0.3) is 16.9 Å². The molecule has 2 heterocycles. The summed E-state index contributed by atoms with van der Waals surface area (Å²) in [6, 6.07) is 16.9. The second-order valence-corrected chi connectivity index (χ2v) is 9.94. The van der Waals surface area contributed by atoms with Gasteiger partial charge in [-0.3, -0.25) is 4.79 Å². The number of aromatic hydroxyl groups is 1. The fraction of sp³-hybridized carbons (Fsp3) is 0.296. The summed E-state index contributed by atoms with van der Waals surface area (Å²) in [7, 11) is 0. The Bertz CT molecular complexity index is 1350. The summed E-state index contributed by atoms with van der Waals surface area (Å²) in [4.78, 5) is 17.2. The monoisotopic (exact) mass is 533 g/mol. The smallest absolute Gasteiger partial charge is 0.224 e. The Balaban J connectivity index is 1.32. The first kappa shape index (κ1) is 23.4. The molecule has 1 aliphatic rings. The van der Waals surface area contributed by atoms with E-state index in [-0.39, 0.29) is 11.7 Å². The topological polar surface area (TPSA) is 91.5 Å². The van der Waals surface area contributed by atoms with Gasteiger partial charge in [0.05, 0.1) is 16.4 Å². The van der Waals surface area contributed by atoms with Crippen LogP contribution in [0.15, 0.2) is 65.3 Å². The molecule has 1 aliphatic carbocycles. The lowest BCUT2D eigenvalue weighted by atomic mass is 9.87. The highest BCUT2D eigenvalue weighted by atomic mass is 79.9. The molecule has 35 heavy (non-hydrogen) atoms. The maximum absolute atomic E-state index is 12.5. The number of phenols is 1. The Morgan fingerprint density at radius 2 is 1.91 bits per heavy atom. The highest BCUT2D eigenvalue weighted by molar-refractivity contribution is 9.10. The van der Waals surface area contributed by atoms with E-state index < -0.39 is 0 Å². The number of carbonyl (C=O) groups is 1. The highest BCUT2D eigenvalue weighted by Gasteiger charge is 2.17. The van der Waals surface area contributed by atoms with Crippen molar-refractivity contribution in [1.82, 2.24) is 14.6 Å². The van der Waals surface area contributed by atoms with Crippen molar-refractivity contribution < 1.29 is 9.90 Å². The summed E-state index contributed by atoms with van der Waals surface area (Å²) in [6.07, 6.45) is 8.37. The molecule has 2 aromatic heterocycles. The first-order chi connectivity index (χ1) is 17.1. The molecule has 3 N–H and O–H groups in total. The summed E-state index contributed by atoms with van der Waals surface area (Å²) < 4.78 is 2.49. The van der Waals surface area contributed by atoms with Crippen LogP contribution in [0.5, 0.6) is 5.75 Å². The van der Waals surface area contributed by atoms with Crippen LogP contribution in [0.2, 0.25) is 0 Å². The minimum Gasteiger partial charge on any atom is -0.507 e. The largest absolute Gasteiger partial charge is 0.507 e. The van der Waals surface area contributed by atoms with Crippen LogP contribution in [-0.2, 0) is 11.3 Å². The third-order valence-corrected chi connectivity index (χ3v) is 7.05. The Labute approximate surface area is 212 Å². The van der Waals surface area contributed by atoms with Gasteiger partial charge in [0.25, 0.3) is 0 Å². The van der Waals surface area contributed by atoms with Crippen LogP contribution in [-0.4, -0.2) is 25.6 Å². The number of nitrogens with zero attached hydrogens (tertiary/aromatic N) is 3. The van der Waals surface area contributed by atoms with Crippen LogP contribution >= 0.6 is 15.9 Å². The fourth-order valence-electron chi connectivity index (χ4n) is 4.71. The zero-order valence-electron chi connectivity index (χ0n) is 19.4. The van der Waals surface area contributed by atoms with E-state index in [1.165, 1.54) is 19.3 Å². The van der Waals surface area contributed by atoms with Crippen LogP contribution in [0.4, 0.5) is 11.5 Å². The number of benzene rings is 2. The summed E-state index contributed by atoms with van der Waals surface area (Å²) in [6.45, 7) is 0.531. The highest BCUT2D eigenvalue weighted by Crippen LogP contribution is 2.31. The third-order valence-electron chi connectivity index (χ3n) is 6.49. The second-order valence-electron chi connectivity index (χ2n) is 9.08. The van der Waals surface area contributed by atoms with Gasteiger partial charge in [-0.1, -0.05) is 43.5 Å². The SMILES string of the molecule is O=C(CC1CCCCC1)Nc1cccc(CNc2cc(-c3ccccc3O)nc3c(Br)cnn23)c1. The molecule has 0 unspecified atom stereocenters. The van der Waals surface area contributed by atoms with E-state index in [1.54, 1.807) is 22.8 Å². The molecule has 1 amide bonds. The molecular formula is C27H28BrN5O2. The van der Waals surface area contributed by atoms with Crippen molar-refractivity contribution in [3.63, 3.8) is 0 Å². The number of para-hydroxylation sites is 1. The number of halogens is 1. The van der Waals surface area contributed by atoms with Crippen molar-refractivity contribution in [2.45, 2.75) is 45.1 Å². The molecule has 180 valence electrons. The number of hydrogen-bond acceptors (Lipinski definition) is 5. The van der Waals surface area contributed by atoms with E-state index in [1.807, 2.05) is 42.5 Å². The maximum Gasteiger partial charge on any atom is 0.224 e. The standard InChI is InChI=1S/C27H28BrN5O2/c28-22-17-30-33-25(15-23(32-27(22)33)21-11-4-5-12-24(21)34)29-16-19-9-6-10-20(13-19)31-26(35)14-18-7-2-1-3-8-18/h4-6,9-13,15,17-18,29,34H,1-3,7-8,14,16H2,(H,31,35). The molecule has 1 fully saturated rings. The Hall–Kier alpha value is -3.39. The average Bonchev–Trinajstić information content (AvgIpc) is 3.24. The normalized spacial score (nSPS) is 14.2. The van der Waals surface area contributed by atoms with Gasteiger partial charge in [0.15, 0.2) is 5.65 Å². The molecule has 0 atom stereocenters. The molecule has 5 rings (SSSR count). The lowest BCUT2D eigenvalue weighted by Gasteiger charge is -2.20. The van der Waals surface area contributed by atoms with Gasteiger partial charge in [0.1, 0.15) is 11.6 Å². The van der Waals surface area contributed by atoms with Crippen LogP contribution in [0.1, 0.15) is 44.1 Å². The Kier molecular flexibility index (Phi) is 6.99. The molecule has 0 bridgehead atoms. The number of nitrogens with one attached hydrogen (secondary N) is 2.